The van der Waals surface area contributed by atoms with E-state index in [0.29, 0.717) is 0 Å². The fraction of sp³-hybridized carbons (Fsp3) is 0.320. The van der Waals surface area contributed by atoms with Crippen LogP contribution in [0.4, 0.5) is 4.79 Å². The van der Waals surface area contributed by atoms with E-state index in [4.69, 9.17) is 21.0 Å². The SMILES string of the molecule is C#CCC(NC(=O)OCC1c2ccccc2-c2ccccc21)C(=O)NCC(CC(=O)O)OC. The molecular weight excluding hydrogens is 424 g/mol. The first-order chi connectivity index (χ1) is 15.9. The molecule has 0 aliphatic heterocycles. The highest BCUT2D eigenvalue weighted by molar-refractivity contribution is 5.86. The molecule has 1 aliphatic carbocycles. The highest BCUT2D eigenvalue weighted by Gasteiger charge is 2.29. The van der Waals surface area contributed by atoms with Crippen LogP contribution in [-0.4, -0.2) is 55.5 Å². The minimum Gasteiger partial charge on any atom is -0.481 e. The van der Waals surface area contributed by atoms with Crippen LogP contribution in [0.2, 0.25) is 0 Å². The molecule has 2 unspecified atom stereocenters. The van der Waals surface area contributed by atoms with Gasteiger partial charge in [-0.1, -0.05) is 48.5 Å². The number of carbonyl (C=O) groups excluding carboxylic acids is 2. The van der Waals surface area contributed by atoms with Gasteiger partial charge in [-0.25, -0.2) is 4.79 Å². The Labute approximate surface area is 192 Å². The monoisotopic (exact) mass is 450 g/mol. The van der Waals surface area contributed by atoms with E-state index in [1.807, 2.05) is 48.5 Å². The lowest BCUT2D eigenvalue weighted by Crippen LogP contribution is -2.48. The Bertz CT molecular complexity index is 1020. The molecule has 172 valence electrons. The minimum absolute atomic E-state index is 0.0327. The average molecular weight is 450 g/mol. The van der Waals surface area contributed by atoms with Crippen molar-refractivity contribution in [3.05, 3.63) is 59.7 Å². The molecule has 0 bridgehead atoms. The van der Waals surface area contributed by atoms with Crippen molar-refractivity contribution in [1.82, 2.24) is 10.6 Å². The standard InChI is InChI=1S/C25H26N2O6/c1-3-8-22(24(30)26-14-16(32-2)13-23(28)29)27-25(31)33-15-21-19-11-6-4-9-17(19)18-10-5-7-12-20(18)21/h1,4-7,9-12,16,21-22H,8,13-15H2,2H3,(H,26,30)(H,27,31)(H,28,29). The summed E-state index contributed by atoms with van der Waals surface area (Å²) in [6.07, 6.45) is 3.57. The summed E-state index contributed by atoms with van der Waals surface area (Å²) in [6.45, 7) is 0.0731. The van der Waals surface area contributed by atoms with Crippen LogP contribution in [-0.2, 0) is 19.1 Å². The minimum atomic E-state index is -1.05. The van der Waals surface area contributed by atoms with Gasteiger partial charge in [-0.2, -0.15) is 0 Å². The topological polar surface area (TPSA) is 114 Å². The molecule has 2 aromatic carbocycles. The quantitative estimate of drug-likeness (QED) is 0.480. The first-order valence-corrected chi connectivity index (χ1v) is 10.5. The lowest BCUT2D eigenvalue weighted by molar-refractivity contribution is -0.140. The zero-order chi connectivity index (χ0) is 23.8. The number of benzene rings is 2. The highest BCUT2D eigenvalue weighted by atomic mass is 16.5. The number of rotatable bonds is 10. The summed E-state index contributed by atoms with van der Waals surface area (Å²) in [7, 11) is 1.35. The molecule has 0 radical (unpaired) electrons. The summed E-state index contributed by atoms with van der Waals surface area (Å²) in [6, 6.07) is 14.9. The third-order valence-corrected chi connectivity index (χ3v) is 5.51. The number of alkyl carbamates (subject to hydrolysis) is 1. The van der Waals surface area contributed by atoms with E-state index in [0.717, 1.165) is 22.3 Å². The molecule has 8 heteroatoms. The number of hydrogen-bond acceptors (Lipinski definition) is 5. The van der Waals surface area contributed by atoms with E-state index in [1.54, 1.807) is 0 Å². The summed E-state index contributed by atoms with van der Waals surface area (Å²) >= 11 is 0. The van der Waals surface area contributed by atoms with Gasteiger partial charge < -0.3 is 25.2 Å². The molecule has 0 heterocycles. The number of methoxy groups -OCH3 is 1. The molecule has 0 saturated carbocycles. The van der Waals surface area contributed by atoms with Gasteiger partial charge in [0.25, 0.3) is 0 Å². The van der Waals surface area contributed by atoms with Gasteiger partial charge in [-0.15, -0.1) is 12.3 Å². The normalized spacial score (nSPS) is 13.7. The Morgan fingerprint density at radius 1 is 1.09 bits per heavy atom. The molecule has 33 heavy (non-hydrogen) atoms. The molecule has 3 N–H and O–H groups in total. The molecule has 0 saturated heterocycles. The molecule has 2 amide bonds. The Kier molecular flexibility index (Phi) is 8.06. The molecule has 2 aromatic rings. The fourth-order valence-corrected chi connectivity index (χ4v) is 3.88. The average Bonchev–Trinajstić information content (AvgIpc) is 3.13. The predicted molar refractivity (Wildman–Crippen MR) is 122 cm³/mol. The van der Waals surface area contributed by atoms with Crippen LogP contribution in [0.15, 0.2) is 48.5 Å². The number of amides is 2. The molecule has 8 nitrogen and oxygen atoms in total. The number of carboxylic acid groups (broad SMARTS) is 1. The van der Waals surface area contributed by atoms with Crippen molar-refractivity contribution in [3.63, 3.8) is 0 Å². The smallest absolute Gasteiger partial charge is 0.407 e. The van der Waals surface area contributed by atoms with Gasteiger partial charge in [0.15, 0.2) is 0 Å². The maximum atomic E-state index is 12.5. The fourth-order valence-electron chi connectivity index (χ4n) is 3.88. The van der Waals surface area contributed by atoms with Crippen LogP contribution < -0.4 is 10.6 Å². The molecule has 3 rings (SSSR count). The van der Waals surface area contributed by atoms with E-state index < -0.39 is 30.1 Å². The number of nitrogens with one attached hydrogen (secondary N) is 2. The lowest BCUT2D eigenvalue weighted by atomic mass is 9.98. The molecule has 0 spiro atoms. The van der Waals surface area contributed by atoms with Crippen LogP contribution in [0.3, 0.4) is 0 Å². The van der Waals surface area contributed by atoms with Crippen LogP contribution in [0.5, 0.6) is 0 Å². The van der Waals surface area contributed by atoms with Crippen molar-refractivity contribution in [2.24, 2.45) is 0 Å². The van der Waals surface area contributed by atoms with Crippen molar-refractivity contribution < 1.29 is 29.0 Å². The first-order valence-electron chi connectivity index (χ1n) is 10.5. The number of fused-ring (bicyclic) bond motifs is 3. The molecule has 1 aliphatic rings. The Morgan fingerprint density at radius 3 is 2.24 bits per heavy atom. The van der Waals surface area contributed by atoms with E-state index in [1.165, 1.54) is 7.11 Å². The summed E-state index contributed by atoms with van der Waals surface area (Å²) in [5.74, 6) is 0.650. The number of ether oxygens (including phenoxy) is 2. The van der Waals surface area contributed by atoms with Crippen molar-refractivity contribution in [1.29, 1.82) is 0 Å². The second-order valence-corrected chi connectivity index (χ2v) is 7.63. The molecule has 0 fully saturated rings. The second kappa shape index (κ2) is 11.2. The maximum absolute atomic E-state index is 12.5. The van der Waals surface area contributed by atoms with E-state index in [2.05, 4.69) is 16.6 Å². The maximum Gasteiger partial charge on any atom is 0.407 e. The number of carbonyl (C=O) groups is 3. The summed E-state index contributed by atoms with van der Waals surface area (Å²) in [5, 5.41) is 13.9. The van der Waals surface area contributed by atoms with Crippen molar-refractivity contribution in [2.75, 3.05) is 20.3 Å². The Balaban J connectivity index is 1.59. The van der Waals surface area contributed by atoms with Gasteiger partial charge >= 0.3 is 12.1 Å². The molecular formula is C25H26N2O6. The predicted octanol–water partition coefficient (Wildman–Crippen LogP) is 2.52. The van der Waals surface area contributed by atoms with Gasteiger partial charge in [0.05, 0.1) is 12.5 Å². The third kappa shape index (κ3) is 5.90. The third-order valence-electron chi connectivity index (χ3n) is 5.51. The molecule has 0 aromatic heterocycles. The van der Waals surface area contributed by atoms with E-state index in [-0.39, 0.29) is 31.9 Å². The van der Waals surface area contributed by atoms with Gasteiger partial charge in [0.1, 0.15) is 12.6 Å². The van der Waals surface area contributed by atoms with Gasteiger partial charge in [0.2, 0.25) is 5.91 Å². The van der Waals surface area contributed by atoms with Gasteiger partial charge in [-0.05, 0) is 22.3 Å². The number of carboxylic acids is 1. The van der Waals surface area contributed by atoms with Crippen molar-refractivity contribution in [3.8, 4) is 23.5 Å². The van der Waals surface area contributed by atoms with Gasteiger partial charge in [0, 0.05) is 26.0 Å². The Morgan fingerprint density at radius 2 is 1.70 bits per heavy atom. The zero-order valence-electron chi connectivity index (χ0n) is 18.2. The van der Waals surface area contributed by atoms with Crippen molar-refractivity contribution in [2.45, 2.75) is 30.9 Å². The number of aliphatic carboxylic acids is 1. The zero-order valence-corrected chi connectivity index (χ0v) is 18.2. The van der Waals surface area contributed by atoms with Crippen LogP contribution in [0.1, 0.15) is 29.9 Å². The van der Waals surface area contributed by atoms with Crippen LogP contribution in [0.25, 0.3) is 11.1 Å². The van der Waals surface area contributed by atoms with Gasteiger partial charge in [-0.3, -0.25) is 9.59 Å². The first kappa shape index (κ1) is 23.8. The molecule has 2 atom stereocenters. The van der Waals surface area contributed by atoms with E-state index in [9.17, 15) is 14.4 Å². The van der Waals surface area contributed by atoms with Crippen LogP contribution >= 0.6 is 0 Å². The van der Waals surface area contributed by atoms with Crippen molar-refractivity contribution >= 4 is 18.0 Å². The highest BCUT2D eigenvalue weighted by Crippen LogP contribution is 2.44. The summed E-state index contributed by atoms with van der Waals surface area (Å²) < 4.78 is 10.5. The number of terminal acetylenes is 1. The largest absolute Gasteiger partial charge is 0.481 e. The Hall–Kier alpha value is -3.83. The lowest BCUT2D eigenvalue weighted by Gasteiger charge is -2.20. The van der Waals surface area contributed by atoms with E-state index >= 15 is 0 Å². The second-order valence-electron chi connectivity index (χ2n) is 7.63. The van der Waals surface area contributed by atoms with Crippen LogP contribution in [0, 0.1) is 12.3 Å². The summed E-state index contributed by atoms with van der Waals surface area (Å²) in [4.78, 5) is 35.8. The number of hydrogen-bond donors (Lipinski definition) is 3. The summed E-state index contributed by atoms with van der Waals surface area (Å²) in [5.41, 5.74) is 4.38.